The van der Waals surface area contributed by atoms with E-state index in [1.165, 1.54) is 5.56 Å². The second kappa shape index (κ2) is 4.63. The van der Waals surface area contributed by atoms with E-state index in [-0.39, 0.29) is 6.04 Å². The van der Waals surface area contributed by atoms with E-state index in [2.05, 4.69) is 0 Å². The van der Waals surface area contributed by atoms with E-state index in [9.17, 15) is 0 Å². The fourth-order valence-corrected chi connectivity index (χ4v) is 1.76. The van der Waals surface area contributed by atoms with Gasteiger partial charge in [-0.05, 0) is 38.1 Å². The Kier molecular flexibility index (Phi) is 3.20. The Morgan fingerprint density at radius 1 is 1.24 bits per heavy atom. The molecule has 0 bridgehead atoms. The van der Waals surface area contributed by atoms with Gasteiger partial charge in [0.2, 0.25) is 0 Å². The van der Waals surface area contributed by atoms with Crippen LogP contribution in [-0.2, 0) is 0 Å². The Balaban J connectivity index is 2.47. The summed E-state index contributed by atoms with van der Waals surface area (Å²) in [6.07, 6.45) is 0. The largest absolute Gasteiger partial charge is 0.496 e. The molecule has 3 nitrogen and oxygen atoms in total. The van der Waals surface area contributed by atoms with E-state index in [0.717, 1.165) is 22.8 Å². The lowest BCUT2D eigenvalue weighted by molar-refractivity contribution is 0.413. The summed E-state index contributed by atoms with van der Waals surface area (Å²) in [4.78, 5) is 0. The van der Waals surface area contributed by atoms with Gasteiger partial charge in [-0.25, -0.2) is 0 Å². The summed E-state index contributed by atoms with van der Waals surface area (Å²) in [5.74, 6) is 2.38. The Labute approximate surface area is 101 Å². The summed E-state index contributed by atoms with van der Waals surface area (Å²) in [5.41, 5.74) is 7.90. The highest BCUT2D eigenvalue weighted by atomic mass is 16.5. The van der Waals surface area contributed by atoms with Crippen molar-refractivity contribution in [2.45, 2.75) is 19.9 Å². The predicted molar refractivity (Wildman–Crippen MR) is 68.0 cm³/mol. The van der Waals surface area contributed by atoms with Gasteiger partial charge >= 0.3 is 0 Å². The molecule has 0 radical (unpaired) electrons. The smallest absolute Gasteiger partial charge is 0.138 e. The van der Waals surface area contributed by atoms with Crippen LogP contribution in [0.3, 0.4) is 0 Å². The third kappa shape index (κ3) is 2.34. The van der Waals surface area contributed by atoms with Gasteiger partial charge in [0, 0.05) is 0 Å². The van der Waals surface area contributed by atoms with Crippen LogP contribution in [0.4, 0.5) is 0 Å². The lowest BCUT2D eigenvalue weighted by Crippen LogP contribution is -2.02. The number of hydrogen-bond donors (Lipinski definition) is 1. The Bertz CT molecular complexity index is 515. The predicted octanol–water partition coefficient (Wildman–Crippen LogP) is 3.28. The van der Waals surface area contributed by atoms with Gasteiger partial charge in [-0.2, -0.15) is 0 Å². The zero-order valence-corrected chi connectivity index (χ0v) is 10.4. The van der Waals surface area contributed by atoms with E-state index < -0.39 is 0 Å². The molecule has 2 rings (SSSR count). The maximum absolute atomic E-state index is 5.78. The molecule has 1 unspecified atom stereocenters. The molecular formula is C14H17NO2. The van der Waals surface area contributed by atoms with Crippen molar-refractivity contribution in [2.24, 2.45) is 5.73 Å². The number of benzene rings is 1. The summed E-state index contributed by atoms with van der Waals surface area (Å²) >= 11 is 0. The molecule has 0 saturated carbocycles. The van der Waals surface area contributed by atoms with Gasteiger partial charge in [0.1, 0.15) is 17.3 Å². The standard InChI is InChI=1S/C14H17NO2/c1-9-4-5-13(16-3)11(8-9)14-7-6-12(17-14)10(2)15/h4-8,10H,15H2,1-3H3. The van der Waals surface area contributed by atoms with Crippen molar-refractivity contribution in [3.05, 3.63) is 41.7 Å². The molecule has 0 aliphatic rings. The van der Waals surface area contributed by atoms with Crippen molar-refractivity contribution in [1.29, 1.82) is 0 Å². The molecule has 1 aromatic carbocycles. The van der Waals surface area contributed by atoms with Crippen molar-refractivity contribution >= 4 is 0 Å². The summed E-state index contributed by atoms with van der Waals surface area (Å²) in [6, 6.07) is 9.73. The minimum Gasteiger partial charge on any atom is -0.496 e. The van der Waals surface area contributed by atoms with Gasteiger partial charge in [-0.3, -0.25) is 0 Å². The quantitative estimate of drug-likeness (QED) is 0.881. The maximum atomic E-state index is 5.78. The van der Waals surface area contributed by atoms with Crippen LogP contribution in [0.15, 0.2) is 34.7 Å². The van der Waals surface area contributed by atoms with E-state index in [0.29, 0.717) is 0 Å². The highest BCUT2D eigenvalue weighted by Gasteiger charge is 2.12. The fraction of sp³-hybridized carbons (Fsp3) is 0.286. The number of nitrogens with two attached hydrogens (primary N) is 1. The van der Waals surface area contributed by atoms with E-state index in [1.807, 2.05) is 44.2 Å². The zero-order valence-electron chi connectivity index (χ0n) is 10.4. The lowest BCUT2D eigenvalue weighted by atomic mass is 10.1. The molecule has 0 fully saturated rings. The van der Waals surface area contributed by atoms with Crippen molar-refractivity contribution in [2.75, 3.05) is 7.11 Å². The topological polar surface area (TPSA) is 48.4 Å². The van der Waals surface area contributed by atoms with Crippen LogP contribution in [0.5, 0.6) is 5.75 Å². The lowest BCUT2D eigenvalue weighted by Gasteiger charge is -2.07. The van der Waals surface area contributed by atoms with Gasteiger partial charge in [0.05, 0.1) is 18.7 Å². The third-order valence-electron chi connectivity index (χ3n) is 2.70. The van der Waals surface area contributed by atoms with Gasteiger partial charge in [0.15, 0.2) is 0 Å². The average molecular weight is 231 g/mol. The summed E-state index contributed by atoms with van der Waals surface area (Å²) < 4.78 is 11.1. The third-order valence-corrected chi connectivity index (χ3v) is 2.70. The summed E-state index contributed by atoms with van der Waals surface area (Å²) in [5, 5.41) is 0. The van der Waals surface area contributed by atoms with Gasteiger partial charge in [-0.1, -0.05) is 11.6 Å². The first-order valence-electron chi connectivity index (χ1n) is 5.62. The molecule has 2 aromatic rings. The van der Waals surface area contributed by atoms with Crippen molar-refractivity contribution in [3.63, 3.8) is 0 Å². The van der Waals surface area contributed by atoms with Crippen LogP contribution in [-0.4, -0.2) is 7.11 Å². The number of aryl methyl sites for hydroxylation is 1. The fourth-order valence-electron chi connectivity index (χ4n) is 1.76. The molecular weight excluding hydrogens is 214 g/mol. The first-order valence-corrected chi connectivity index (χ1v) is 5.62. The van der Waals surface area contributed by atoms with Crippen LogP contribution in [0.1, 0.15) is 24.3 Å². The normalized spacial score (nSPS) is 12.5. The molecule has 1 heterocycles. The molecule has 90 valence electrons. The molecule has 1 atom stereocenters. The van der Waals surface area contributed by atoms with Crippen LogP contribution in [0.2, 0.25) is 0 Å². The number of ether oxygens (including phenoxy) is 1. The van der Waals surface area contributed by atoms with E-state index in [1.54, 1.807) is 7.11 Å². The summed E-state index contributed by atoms with van der Waals surface area (Å²) in [6.45, 7) is 3.94. The van der Waals surface area contributed by atoms with E-state index >= 15 is 0 Å². The van der Waals surface area contributed by atoms with E-state index in [4.69, 9.17) is 14.9 Å². The second-order valence-electron chi connectivity index (χ2n) is 4.19. The number of rotatable bonds is 3. The molecule has 0 amide bonds. The second-order valence-corrected chi connectivity index (χ2v) is 4.19. The molecule has 2 N–H and O–H groups in total. The van der Waals surface area contributed by atoms with Gasteiger partial charge in [-0.15, -0.1) is 0 Å². The molecule has 0 spiro atoms. The van der Waals surface area contributed by atoms with Crippen molar-refractivity contribution < 1.29 is 9.15 Å². The highest BCUT2D eigenvalue weighted by molar-refractivity contribution is 5.67. The average Bonchev–Trinajstić information content (AvgIpc) is 2.78. The van der Waals surface area contributed by atoms with Crippen molar-refractivity contribution in [3.8, 4) is 17.1 Å². The molecule has 0 aliphatic heterocycles. The molecule has 0 aliphatic carbocycles. The number of hydrogen-bond acceptors (Lipinski definition) is 3. The summed E-state index contributed by atoms with van der Waals surface area (Å²) in [7, 11) is 1.66. The molecule has 0 saturated heterocycles. The van der Waals surface area contributed by atoms with Crippen LogP contribution in [0, 0.1) is 6.92 Å². The molecule has 3 heteroatoms. The zero-order chi connectivity index (χ0) is 12.4. The van der Waals surface area contributed by atoms with Gasteiger partial charge in [0.25, 0.3) is 0 Å². The first-order chi connectivity index (χ1) is 8.11. The molecule has 1 aromatic heterocycles. The number of furan rings is 1. The minimum atomic E-state index is -0.0976. The highest BCUT2D eigenvalue weighted by Crippen LogP contribution is 2.32. The van der Waals surface area contributed by atoms with Crippen LogP contribution >= 0.6 is 0 Å². The van der Waals surface area contributed by atoms with Gasteiger partial charge < -0.3 is 14.9 Å². The first kappa shape index (κ1) is 11.7. The Morgan fingerprint density at radius 2 is 2.00 bits per heavy atom. The van der Waals surface area contributed by atoms with Crippen molar-refractivity contribution in [1.82, 2.24) is 0 Å². The van der Waals surface area contributed by atoms with Crippen LogP contribution < -0.4 is 10.5 Å². The molecule has 17 heavy (non-hydrogen) atoms. The van der Waals surface area contributed by atoms with Crippen LogP contribution in [0.25, 0.3) is 11.3 Å². The maximum Gasteiger partial charge on any atom is 0.138 e. The minimum absolute atomic E-state index is 0.0976. The SMILES string of the molecule is COc1ccc(C)cc1-c1ccc(C(C)N)o1. The Morgan fingerprint density at radius 3 is 2.59 bits per heavy atom. The Hall–Kier alpha value is -1.74. The number of methoxy groups -OCH3 is 1. The monoisotopic (exact) mass is 231 g/mol.